The van der Waals surface area contributed by atoms with Gasteiger partial charge in [0.2, 0.25) is 5.91 Å². The third-order valence-electron chi connectivity index (χ3n) is 4.60. The van der Waals surface area contributed by atoms with Gasteiger partial charge in [-0.2, -0.15) is 0 Å². The summed E-state index contributed by atoms with van der Waals surface area (Å²) in [5, 5.41) is 1.12. The SMILES string of the molecule is C[C@H]1Cc2ccccc2N1C(=O)CCCc1nc2ccccc2s1. The number of thiazole rings is 1. The molecule has 0 unspecified atom stereocenters. The zero-order valence-electron chi connectivity index (χ0n) is 13.7. The average Bonchev–Trinajstić information content (AvgIpc) is 3.13. The molecule has 3 aromatic rings. The van der Waals surface area contributed by atoms with Crippen LogP contribution >= 0.6 is 11.3 Å². The van der Waals surface area contributed by atoms with Gasteiger partial charge in [0.05, 0.1) is 15.2 Å². The van der Waals surface area contributed by atoms with Crippen molar-refractivity contribution in [2.75, 3.05) is 4.90 Å². The van der Waals surface area contributed by atoms with Crippen LogP contribution in [0.1, 0.15) is 30.3 Å². The zero-order valence-corrected chi connectivity index (χ0v) is 14.6. The number of hydrogen-bond acceptors (Lipinski definition) is 3. The molecule has 3 nitrogen and oxygen atoms in total. The van der Waals surface area contributed by atoms with Crippen molar-refractivity contribution in [3.8, 4) is 0 Å². The summed E-state index contributed by atoms with van der Waals surface area (Å²) in [5.41, 5.74) is 3.44. The van der Waals surface area contributed by atoms with E-state index in [-0.39, 0.29) is 11.9 Å². The third-order valence-corrected chi connectivity index (χ3v) is 5.69. The van der Waals surface area contributed by atoms with Crippen molar-refractivity contribution in [3.63, 3.8) is 0 Å². The Morgan fingerprint density at radius 2 is 2.00 bits per heavy atom. The number of rotatable bonds is 4. The third kappa shape index (κ3) is 2.82. The van der Waals surface area contributed by atoms with Crippen molar-refractivity contribution in [2.45, 2.75) is 38.6 Å². The maximum Gasteiger partial charge on any atom is 0.227 e. The maximum absolute atomic E-state index is 12.7. The number of carbonyl (C=O) groups is 1. The largest absolute Gasteiger partial charge is 0.309 e. The van der Waals surface area contributed by atoms with Crippen LogP contribution in [0.2, 0.25) is 0 Å². The first kappa shape index (κ1) is 15.3. The summed E-state index contributed by atoms with van der Waals surface area (Å²) in [6, 6.07) is 16.7. The van der Waals surface area contributed by atoms with Gasteiger partial charge in [-0.25, -0.2) is 4.98 Å². The highest BCUT2D eigenvalue weighted by Gasteiger charge is 2.29. The number of amides is 1. The Balaban J connectivity index is 1.40. The Kier molecular flexibility index (Phi) is 4.07. The second-order valence-electron chi connectivity index (χ2n) is 6.37. The van der Waals surface area contributed by atoms with Gasteiger partial charge in [0, 0.05) is 18.2 Å². The molecular formula is C20H20N2OS. The van der Waals surface area contributed by atoms with Crippen LogP contribution in [0.3, 0.4) is 0 Å². The molecular weight excluding hydrogens is 316 g/mol. The minimum absolute atomic E-state index is 0.230. The van der Waals surface area contributed by atoms with Crippen molar-refractivity contribution in [1.82, 2.24) is 4.98 Å². The molecule has 2 aromatic carbocycles. The topological polar surface area (TPSA) is 33.2 Å². The fourth-order valence-electron chi connectivity index (χ4n) is 3.48. The van der Waals surface area contributed by atoms with Crippen LogP contribution in [0.25, 0.3) is 10.2 Å². The number of aryl methyl sites for hydroxylation is 1. The summed E-state index contributed by atoms with van der Waals surface area (Å²) in [4.78, 5) is 19.3. The highest BCUT2D eigenvalue weighted by molar-refractivity contribution is 7.18. The van der Waals surface area contributed by atoms with Gasteiger partial charge in [0.15, 0.2) is 0 Å². The summed E-state index contributed by atoms with van der Waals surface area (Å²) in [5.74, 6) is 0.230. The molecule has 1 atom stereocenters. The van der Waals surface area contributed by atoms with Gasteiger partial charge in [-0.1, -0.05) is 30.3 Å². The van der Waals surface area contributed by atoms with Crippen LogP contribution in [-0.2, 0) is 17.6 Å². The highest BCUT2D eigenvalue weighted by Crippen LogP contribution is 2.32. The van der Waals surface area contributed by atoms with Gasteiger partial charge >= 0.3 is 0 Å². The first-order valence-electron chi connectivity index (χ1n) is 8.47. The fraction of sp³-hybridized carbons (Fsp3) is 0.300. The van der Waals surface area contributed by atoms with E-state index in [1.807, 2.05) is 35.2 Å². The van der Waals surface area contributed by atoms with Crippen LogP contribution in [0.15, 0.2) is 48.5 Å². The van der Waals surface area contributed by atoms with Crippen LogP contribution in [0, 0.1) is 0 Å². The van der Waals surface area contributed by atoms with Crippen molar-refractivity contribution >= 4 is 33.1 Å². The summed E-state index contributed by atoms with van der Waals surface area (Å²) >= 11 is 1.73. The molecule has 1 aromatic heterocycles. The molecule has 0 bridgehead atoms. The van der Waals surface area contributed by atoms with Crippen LogP contribution in [-0.4, -0.2) is 16.9 Å². The van der Waals surface area contributed by atoms with E-state index in [1.54, 1.807) is 11.3 Å². The molecule has 122 valence electrons. The maximum atomic E-state index is 12.7. The standard InChI is InChI=1S/C20H20N2OS/c1-14-13-15-7-2-4-9-17(15)22(14)20(23)12-6-11-19-21-16-8-3-5-10-18(16)24-19/h2-5,7-10,14H,6,11-13H2,1H3/t14-/m0/s1. The molecule has 0 N–H and O–H groups in total. The van der Waals surface area contributed by atoms with Crippen LogP contribution < -0.4 is 4.90 Å². The average molecular weight is 336 g/mol. The number of anilines is 1. The molecule has 0 aliphatic carbocycles. The van der Waals surface area contributed by atoms with E-state index in [0.717, 1.165) is 35.5 Å². The first-order valence-corrected chi connectivity index (χ1v) is 9.28. The van der Waals surface area contributed by atoms with Crippen molar-refractivity contribution < 1.29 is 4.79 Å². The summed E-state index contributed by atoms with van der Waals surface area (Å²) in [6.07, 6.45) is 3.26. The normalized spacial score (nSPS) is 16.5. The number of hydrogen-bond donors (Lipinski definition) is 0. The highest BCUT2D eigenvalue weighted by atomic mass is 32.1. The second kappa shape index (κ2) is 6.36. The van der Waals surface area contributed by atoms with Crippen LogP contribution in [0.4, 0.5) is 5.69 Å². The Hall–Kier alpha value is -2.20. The van der Waals surface area contributed by atoms with Crippen molar-refractivity contribution in [2.24, 2.45) is 0 Å². The van der Waals surface area contributed by atoms with Gasteiger partial charge in [0.1, 0.15) is 0 Å². The lowest BCUT2D eigenvalue weighted by atomic mass is 10.1. The Morgan fingerprint density at radius 1 is 1.21 bits per heavy atom. The second-order valence-corrected chi connectivity index (χ2v) is 7.49. The number of nitrogens with zero attached hydrogens (tertiary/aromatic N) is 2. The van der Waals surface area contributed by atoms with E-state index in [9.17, 15) is 4.79 Å². The minimum atomic E-state index is 0.230. The molecule has 1 amide bonds. The van der Waals surface area contributed by atoms with E-state index in [1.165, 1.54) is 10.3 Å². The molecule has 0 spiro atoms. The first-order chi connectivity index (χ1) is 11.7. The number of aromatic nitrogens is 1. The zero-order chi connectivity index (χ0) is 16.5. The van der Waals surface area contributed by atoms with Gasteiger partial charge in [-0.05, 0) is 49.9 Å². The minimum Gasteiger partial charge on any atom is -0.309 e. The molecule has 1 aliphatic heterocycles. The summed E-state index contributed by atoms with van der Waals surface area (Å²) in [7, 11) is 0. The fourth-order valence-corrected chi connectivity index (χ4v) is 4.49. The molecule has 4 rings (SSSR count). The molecule has 0 saturated carbocycles. The van der Waals surface area contributed by atoms with Gasteiger partial charge < -0.3 is 4.90 Å². The number of carbonyl (C=O) groups excluding carboxylic acids is 1. The monoisotopic (exact) mass is 336 g/mol. The summed E-state index contributed by atoms with van der Waals surface area (Å²) in [6.45, 7) is 2.13. The Morgan fingerprint density at radius 3 is 2.88 bits per heavy atom. The van der Waals surface area contributed by atoms with Crippen molar-refractivity contribution in [1.29, 1.82) is 0 Å². The van der Waals surface area contributed by atoms with E-state index < -0.39 is 0 Å². The van der Waals surface area contributed by atoms with Gasteiger partial charge in [-0.3, -0.25) is 4.79 Å². The quantitative estimate of drug-likeness (QED) is 0.698. The molecule has 0 radical (unpaired) electrons. The van der Waals surface area contributed by atoms with Gasteiger partial charge in [-0.15, -0.1) is 11.3 Å². The predicted molar refractivity (Wildman–Crippen MR) is 99.7 cm³/mol. The van der Waals surface area contributed by atoms with E-state index >= 15 is 0 Å². The summed E-state index contributed by atoms with van der Waals surface area (Å²) < 4.78 is 1.22. The number of para-hydroxylation sites is 2. The predicted octanol–water partition coefficient (Wildman–Crippen LogP) is 4.60. The molecule has 24 heavy (non-hydrogen) atoms. The lowest BCUT2D eigenvalue weighted by Gasteiger charge is -2.22. The number of benzene rings is 2. The molecule has 0 fully saturated rings. The van der Waals surface area contributed by atoms with Crippen LogP contribution in [0.5, 0.6) is 0 Å². The van der Waals surface area contributed by atoms with Gasteiger partial charge in [0.25, 0.3) is 0 Å². The molecule has 0 saturated heterocycles. The molecule has 4 heteroatoms. The Labute approximate surface area is 146 Å². The lowest BCUT2D eigenvalue weighted by molar-refractivity contribution is -0.119. The molecule has 2 heterocycles. The smallest absolute Gasteiger partial charge is 0.227 e. The Bertz CT molecular complexity index is 853. The van der Waals surface area contributed by atoms with E-state index in [0.29, 0.717) is 6.42 Å². The van der Waals surface area contributed by atoms with E-state index in [4.69, 9.17) is 0 Å². The molecule has 1 aliphatic rings. The van der Waals surface area contributed by atoms with E-state index in [2.05, 4.69) is 30.1 Å². The van der Waals surface area contributed by atoms with Crippen molar-refractivity contribution in [3.05, 3.63) is 59.1 Å². The number of fused-ring (bicyclic) bond motifs is 2. The lowest BCUT2D eigenvalue weighted by Crippen LogP contribution is -2.35.